The van der Waals surface area contributed by atoms with E-state index in [-0.39, 0.29) is 6.04 Å². The first kappa shape index (κ1) is 11.8. The van der Waals surface area contributed by atoms with Crippen LogP contribution in [-0.4, -0.2) is 9.97 Å². The van der Waals surface area contributed by atoms with Crippen molar-refractivity contribution in [1.82, 2.24) is 9.97 Å². The molecule has 0 amide bonds. The number of pyridine rings is 2. The van der Waals surface area contributed by atoms with E-state index in [1.54, 1.807) is 6.20 Å². The van der Waals surface area contributed by atoms with Crippen molar-refractivity contribution in [2.45, 2.75) is 13.0 Å². The first-order valence-corrected chi connectivity index (χ1v) is 6.26. The number of nitrogens with two attached hydrogens (primary N) is 1. The topological polar surface area (TPSA) is 51.8 Å². The smallest absolute Gasteiger partial charge is 0.0702 e. The molecule has 0 radical (unpaired) electrons. The van der Waals surface area contributed by atoms with Crippen LogP contribution in [0.5, 0.6) is 0 Å². The van der Waals surface area contributed by atoms with Gasteiger partial charge in [0.1, 0.15) is 0 Å². The van der Waals surface area contributed by atoms with Gasteiger partial charge in [0, 0.05) is 24.0 Å². The number of aromatic nitrogens is 2. The molecule has 0 saturated carbocycles. The number of hydrogen-bond donors (Lipinski definition) is 1. The quantitative estimate of drug-likeness (QED) is 0.759. The molecule has 0 fully saturated rings. The van der Waals surface area contributed by atoms with Crippen LogP contribution in [0.4, 0.5) is 0 Å². The second-order valence-electron chi connectivity index (χ2n) is 4.67. The summed E-state index contributed by atoms with van der Waals surface area (Å²) in [5.41, 5.74) is 10.5. The summed E-state index contributed by atoms with van der Waals surface area (Å²) >= 11 is 0. The van der Waals surface area contributed by atoms with E-state index in [0.717, 1.165) is 27.6 Å². The lowest BCUT2D eigenvalue weighted by atomic mass is 9.98. The molecule has 0 spiro atoms. The van der Waals surface area contributed by atoms with Gasteiger partial charge in [0.15, 0.2) is 0 Å². The van der Waals surface area contributed by atoms with Gasteiger partial charge in [0.25, 0.3) is 0 Å². The Morgan fingerprint density at radius 1 is 1.11 bits per heavy atom. The first-order valence-electron chi connectivity index (χ1n) is 6.26. The molecule has 0 saturated heterocycles. The standard InChI is InChI=1S/C16H15N3/c1-11-6-7-18-10-14(11)16(17)13-8-12-4-2-3-5-15(12)19-9-13/h2-10,16H,17H2,1H3. The van der Waals surface area contributed by atoms with Crippen molar-refractivity contribution in [2.24, 2.45) is 5.73 Å². The van der Waals surface area contributed by atoms with Crippen LogP contribution in [0.3, 0.4) is 0 Å². The second-order valence-corrected chi connectivity index (χ2v) is 4.67. The highest BCUT2D eigenvalue weighted by Crippen LogP contribution is 2.23. The molecule has 1 aromatic carbocycles. The Balaban J connectivity index is 2.07. The third-order valence-electron chi connectivity index (χ3n) is 3.39. The predicted molar refractivity (Wildman–Crippen MR) is 76.7 cm³/mol. The second kappa shape index (κ2) is 4.78. The Morgan fingerprint density at radius 2 is 1.95 bits per heavy atom. The van der Waals surface area contributed by atoms with Crippen molar-refractivity contribution in [3.05, 3.63) is 71.7 Å². The summed E-state index contributed by atoms with van der Waals surface area (Å²) in [5.74, 6) is 0. The summed E-state index contributed by atoms with van der Waals surface area (Å²) in [5, 5.41) is 1.11. The van der Waals surface area contributed by atoms with E-state index >= 15 is 0 Å². The Morgan fingerprint density at radius 3 is 2.79 bits per heavy atom. The minimum absolute atomic E-state index is 0.189. The van der Waals surface area contributed by atoms with Gasteiger partial charge in [-0.3, -0.25) is 9.97 Å². The van der Waals surface area contributed by atoms with Crippen molar-refractivity contribution < 1.29 is 0 Å². The lowest BCUT2D eigenvalue weighted by Crippen LogP contribution is -2.13. The maximum Gasteiger partial charge on any atom is 0.0702 e. The molecule has 0 aliphatic carbocycles. The van der Waals surface area contributed by atoms with Crippen LogP contribution in [0.15, 0.2) is 55.0 Å². The molecule has 3 rings (SSSR count). The lowest BCUT2D eigenvalue weighted by molar-refractivity contribution is 0.849. The molecule has 2 heterocycles. The molecule has 3 aromatic rings. The van der Waals surface area contributed by atoms with Gasteiger partial charge in [-0.2, -0.15) is 0 Å². The number of benzene rings is 1. The first-order chi connectivity index (χ1) is 9.25. The van der Waals surface area contributed by atoms with Crippen LogP contribution >= 0.6 is 0 Å². The zero-order valence-electron chi connectivity index (χ0n) is 10.7. The normalized spacial score (nSPS) is 12.5. The molecule has 94 valence electrons. The Bertz CT molecular complexity index is 722. The molecule has 3 nitrogen and oxygen atoms in total. The summed E-state index contributed by atoms with van der Waals surface area (Å²) in [6.07, 6.45) is 5.46. The zero-order chi connectivity index (χ0) is 13.2. The summed E-state index contributed by atoms with van der Waals surface area (Å²) in [6.45, 7) is 2.05. The van der Waals surface area contributed by atoms with Crippen LogP contribution in [0.2, 0.25) is 0 Å². The monoisotopic (exact) mass is 249 g/mol. The van der Waals surface area contributed by atoms with E-state index in [9.17, 15) is 0 Å². The summed E-state index contributed by atoms with van der Waals surface area (Å²) in [4.78, 5) is 8.61. The average molecular weight is 249 g/mol. The van der Waals surface area contributed by atoms with Crippen LogP contribution in [0.1, 0.15) is 22.7 Å². The number of rotatable bonds is 2. The summed E-state index contributed by atoms with van der Waals surface area (Å²) in [7, 11) is 0. The molecule has 1 atom stereocenters. The highest BCUT2D eigenvalue weighted by molar-refractivity contribution is 5.78. The van der Waals surface area contributed by atoms with E-state index in [2.05, 4.69) is 22.1 Å². The minimum atomic E-state index is -0.189. The van der Waals surface area contributed by atoms with E-state index in [1.165, 1.54) is 0 Å². The summed E-state index contributed by atoms with van der Waals surface area (Å²) < 4.78 is 0. The average Bonchev–Trinajstić information content (AvgIpc) is 2.46. The van der Waals surface area contributed by atoms with Gasteiger partial charge in [-0.25, -0.2) is 0 Å². The highest BCUT2D eigenvalue weighted by atomic mass is 14.7. The van der Waals surface area contributed by atoms with Crippen molar-refractivity contribution in [1.29, 1.82) is 0 Å². The van der Waals surface area contributed by atoms with E-state index in [1.807, 2.05) is 43.6 Å². The fourth-order valence-electron chi connectivity index (χ4n) is 2.24. The molecule has 1 unspecified atom stereocenters. The Hall–Kier alpha value is -2.26. The molecular weight excluding hydrogens is 234 g/mol. The molecule has 3 heteroatoms. The maximum atomic E-state index is 6.33. The zero-order valence-corrected chi connectivity index (χ0v) is 10.7. The maximum absolute atomic E-state index is 6.33. The molecule has 0 bridgehead atoms. The van der Waals surface area contributed by atoms with Crippen molar-refractivity contribution in [3.8, 4) is 0 Å². The number of para-hydroxylation sites is 1. The molecule has 2 N–H and O–H groups in total. The van der Waals surface area contributed by atoms with Gasteiger partial charge >= 0.3 is 0 Å². The summed E-state index contributed by atoms with van der Waals surface area (Å²) in [6, 6.07) is 11.9. The molecule has 0 aliphatic rings. The number of fused-ring (bicyclic) bond motifs is 1. The number of hydrogen-bond acceptors (Lipinski definition) is 3. The minimum Gasteiger partial charge on any atom is -0.320 e. The molecule has 2 aromatic heterocycles. The SMILES string of the molecule is Cc1ccncc1C(N)c1cnc2ccccc2c1. The number of nitrogens with zero attached hydrogens (tertiary/aromatic N) is 2. The van der Waals surface area contributed by atoms with Gasteiger partial charge in [0.2, 0.25) is 0 Å². The van der Waals surface area contributed by atoms with Gasteiger partial charge in [-0.1, -0.05) is 18.2 Å². The van der Waals surface area contributed by atoms with Gasteiger partial charge in [-0.15, -0.1) is 0 Å². The lowest BCUT2D eigenvalue weighted by Gasteiger charge is -2.14. The van der Waals surface area contributed by atoms with Gasteiger partial charge in [0.05, 0.1) is 11.6 Å². The Labute approximate surface area is 112 Å². The van der Waals surface area contributed by atoms with Crippen LogP contribution in [0.25, 0.3) is 10.9 Å². The van der Waals surface area contributed by atoms with Gasteiger partial charge < -0.3 is 5.73 Å². The third kappa shape index (κ3) is 2.20. The van der Waals surface area contributed by atoms with Crippen molar-refractivity contribution in [2.75, 3.05) is 0 Å². The van der Waals surface area contributed by atoms with Crippen LogP contribution < -0.4 is 5.73 Å². The molecular formula is C16H15N3. The Kier molecular flexibility index (Phi) is 2.97. The fraction of sp³-hybridized carbons (Fsp3) is 0.125. The largest absolute Gasteiger partial charge is 0.320 e. The van der Waals surface area contributed by atoms with Crippen LogP contribution in [0, 0.1) is 6.92 Å². The third-order valence-corrected chi connectivity index (χ3v) is 3.39. The van der Waals surface area contributed by atoms with Crippen molar-refractivity contribution >= 4 is 10.9 Å². The van der Waals surface area contributed by atoms with E-state index in [4.69, 9.17) is 5.73 Å². The predicted octanol–water partition coefficient (Wildman–Crippen LogP) is 2.99. The van der Waals surface area contributed by atoms with E-state index in [0.29, 0.717) is 0 Å². The fourth-order valence-corrected chi connectivity index (χ4v) is 2.24. The molecule has 19 heavy (non-hydrogen) atoms. The highest BCUT2D eigenvalue weighted by Gasteiger charge is 2.12. The van der Waals surface area contributed by atoms with Crippen LogP contribution in [-0.2, 0) is 0 Å². The number of aryl methyl sites for hydroxylation is 1. The van der Waals surface area contributed by atoms with Crippen molar-refractivity contribution in [3.63, 3.8) is 0 Å². The molecule has 0 aliphatic heterocycles. The van der Waals surface area contributed by atoms with E-state index < -0.39 is 0 Å². The van der Waals surface area contributed by atoms with Gasteiger partial charge in [-0.05, 0) is 41.8 Å².